The van der Waals surface area contributed by atoms with Crippen LogP contribution < -0.4 is 4.74 Å². The maximum atomic E-state index is 11.2. The lowest BCUT2D eigenvalue weighted by molar-refractivity contribution is -0.117. The fraction of sp³-hybridized carbons (Fsp3) is 0.562. The largest absolute Gasteiger partial charge is 0.493 e. The van der Waals surface area contributed by atoms with Crippen molar-refractivity contribution in [1.82, 2.24) is 0 Å². The van der Waals surface area contributed by atoms with Crippen molar-refractivity contribution in [1.29, 1.82) is 0 Å². The SMILES string of the molecule is CCCOc1ccc(Br)cc1C(CC)CCC(C)=O. The number of hydrogen-bond donors (Lipinski definition) is 0. The molecule has 0 saturated heterocycles. The van der Waals surface area contributed by atoms with Crippen molar-refractivity contribution in [2.75, 3.05) is 6.61 Å². The summed E-state index contributed by atoms with van der Waals surface area (Å²) >= 11 is 3.52. The van der Waals surface area contributed by atoms with Crippen LogP contribution in [0.5, 0.6) is 5.75 Å². The standard InChI is InChI=1S/C16H23BrO2/c1-4-10-19-16-9-8-14(17)11-15(16)13(5-2)7-6-12(3)18/h8-9,11,13H,4-7,10H2,1-3H3. The monoisotopic (exact) mass is 326 g/mol. The van der Waals surface area contributed by atoms with E-state index in [9.17, 15) is 4.79 Å². The number of Topliss-reactive ketones (excluding diaryl/α,β-unsaturated/α-hetero) is 1. The van der Waals surface area contributed by atoms with Gasteiger partial charge in [0, 0.05) is 10.9 Å². The normalized spacial score (nSPS) is 12.2. The highest BCUT2D eigenvalue weighted by Gasteiger charge is 2.16. The minimum atomic E-state index is 0.254. The van der Waals surface area contributed by atoms with Gasteiger partial charge in [-0.1, -0.05) is 29.8 Å². The van der Waals surface area contributed by atoms with Crippen LogP contribution in [0.15, 0.2) is 22.7 Å². The molecule has 1 atom stereocenters. The second-order valence-electron chi connectivity index (χ2n) is 4.88. The van der Waals surface area contributed by atoms with Crippen molar-refractivity contribution in [2.24, 2.45) is 0 Å². The zero-order valence-corrected chi connectivity index (χ0v) is 13.6. The van der Waals surface area contributed by atoms with E-state index >= 15 is 0 Å². The van der Waals surface area contributed by atoms with Crippen LogP contribution in [-0.4, -0.2) is 12.4 Å². The molecule has 0 aliphatic heterocycles. The summed E-state index contributed by atoms with van der Waals surface area (Å²) < 4.78 is 6.89. The molecule has 0 aliphatic rings. The molecule has 0 saturated carbocycles. The third-order valence-electron chi connectivity index (χ3n) is 3.21. The van der Waals surface area contributed by atoms with Gasteiger partial charge in [-0.25, -0.2) is 0 Å². The average molecular weight is 327 g/mol. The Morgan fingerprint density at radius 1 is 1.37 bits per heavy atom. The molecule has 106 valence electrons. The van der Waals surface area contributed by atoms with Crippen molar-refractivity contribution in [3.05, 3.63) is 28.2 Å². The summed E-state index contributed by atoms with van der Waals surface area (Å²) in [6.07, 6.45) is 3.55. The molecule has 0 fully saturated rings. The van der Waals surface area contributed by atoms with Crippen LogP contribution >= 0.6 is 15.9 Å². The number of carbonyl (C=O) groups is 1. The molecule has 19 heavy (non-hydrogen) atoms. The fourth-order valence-electron chi connectivity index (χ4n) is 2.14. The number of halogens is 1. The van der Waals surface area contributed by atoms with Crippen molar-refractivity contribution in [3.8, 4) is 5.75 Å². The number of carbonyl (C=O) groups excluding carboxylic acids is 1. The van der Waals surface area contributed by atoms with Gasteiger partial charge >= 0.3 is 0 Å². The summed E-state index contributed by atoms with van der Waals surface area (Å²) in [6.45, 7) is 6.65. The second kappa shape index (κ2) is 8.36. The molecule has 0 amide bonds. The Balaban J connectivity index is 2.92. The second-order valence-corrected chi connectivity index (χ2v) is 5.79. The van der Waals surface area contributed by atoms with Gasteiger partial charge in [-0.15, -0.1) is 0 Å². The molecule has 1 rings (SSSR count). The van der Waals surface area contributed by atoms with E-state index in [0.717, 1.165) is 36.1 Å². The number of benzene rings is 1. The maximum absolute atomic E-state index is 11.2. The Labute approximate surface area is 124 Å². The fourth-order valence-corrected chi connectivity index (χ4v) is 2.52. The number of hydrogen-bond acceptors (Lipinski definition) is 2. The predicted molar refractivity (Wildman–Crippen MR) is 82.9 cm³/mol. The quantitative estimate of drug-likeness (QED) is 0.664. The highest BCUT2D eigenvalue weighted by atomic mass is 79.9. The van der Waals surface area contributed by atoms with Crippen LogP contribution in [0.1, 0.15) is 57.9 Å². The van der Waals surface area contributed by atoms with E-state index in [0.29, 0.717) is 12.3 Å². The lowest BCUT2D eigenvalue weighted by Crippen LogP contribution is -2.05. The van der Waals surface area contributed by atoms with E-state index in [1.54, 1.807) is 6.92 Å². The summed E-state index contributed by atoms with van der Waals surface area (Å²) in [5, 5.41) is 0. The van der Waals surface area contributed by atoms with Crippen molar-refractivity contribution < 1.29 is 9.53 Å². The Hall–Kier alpha value is -0.830. The van der Waals surface area contributed by atoms with Crippen molar-refractivity contribution in [2.45, 2.75) is 52.4 Å². The Bertz CT molecular complexity index is 415. The highest BCUT2D eigenvalue weighted by Crippen LogP contribution is 2.34. The minimum absolute atomic E-state index is 0.254. The summed E-state index contributed by atoms with van der Waals surface area (Å²) in [6, 6.07) is 6.15. The van der Waals surface area contributed by atoms with E-state index in [1.165, 1.54) is 5.56 Å². The topological polar surface area (TPSA) is 26.3 Å². The molecule has 0 spiro atoms. The number of ether oxygens (including phenoxy) is 1. The lowest BCUT2D eigenvalue weighted by atomic mass is 9.90. The third kappa shape index (κ3) is 5.35. The number of ketones is 1. The summed E-state index contributed by atoms with van der Waals surface area (Å²) in [7, 11) is 0. The van der Waals surface area contributed by atoms with Gasteiger partial charge in [-0.2, -0.15) is 0 Å². The zero-order chi connectivity index (χ0) is 14.3. The van der Waals surface area contributed by atoms with Crippen molar-refractivity contribution in [3.63, 3.8) is 0 Å². The Kier molecular flexibility index (Phi) is 7.14. The third-order valence-corrected chi connectivity index (χ3v) is 3.70. The van der Waals surface area contributed by atoms with Gasteiger partial charge in [-0.05, 0) is 55.9 Å². The summed E-state index contributed by atoms with van der Waals surface area (Å²) in [5.41, 5.74) is 1.21. The molecule has 0 N–H and O–H groups in total. The zero-order valence-electron chi connectivity index (χ0n) is 12.0. The van der Waals surface area contributed by atoms with Gasteiger partial charge in [0.1, 0.15) is 11.5 Å². The molecule has 0 bridgehead atoms. The van der Waals surface area contributed by atoms with Crippen LogP contribution in [-0.2, 0) is 4.79 Å². The minimum Gasteiger partial charge on any atom is -0.493 e. The predicted octanol–water partition coefficient (Wildman–Crippen LogP) is 5.10. The molecule has 1 unspecified atom stereocenters. The molecule has 2 nitrogen and oxygen atoms in total. The van der Waals surface area contributed by atoms with Crippen LogP contribution in [0.2, 0.25) is 0 Å². The van der Waals surface area contributed by atoms with E-state index in [2.05, 4.69) is 35.8 Å². The smallest absolute Gasteiger partial charge is 0.129 e. The van der Waals surface area contributed by atoms with Gasteiger partial charge in [0.15, 0.2) is 0 Å². The molecule has 0 aliphatic carbocycles. The molecular weight excluding hydrogens is 304 g/mol. The van der Waals surface area contributed by atoms with E-state index < -0.39 is 0 Å². The van der Waals surface area contributed by atoms with Gasteiger partial charge in [0.25, 0.3) is 0 Å². The Morgan fingerprint density at radius 2 is 2.11 bits per heavy atom. The molecule has 0 aromatic heterocycles. The van der Waals surface area contributed by atoms with Crippen LogP contribution in [0.4, 0.5) is 0 Å². The lowest BCUT2D eigenvalue weighted by Gasteiger charge is -2.19. The van der Waals surface area contributed by atoms with Crippen LogP contribution in [0.3, 0.4) is 0 Å². The molecule has 0 radical (unpaired) electrons. The van der Waals surface area contributed by atoms with Crippen LogP contribution in [0, 0.1) is 0 Å². The maximum Gasteiger partial charge on any atom is 0.129 e. The van der Waals surface area contributed by atoms with Crippen LogP contribution in [0.25, 0.3) is 0 Å². The first kappa shape index (κ1) is 16.2. The van der Waals surface area contributed by atoms with E-state index in [1.807, 2.05) is 12.1 Å². The first-order valence-electron chi connectivity index (χ1n) is 7.00. The van der Waals surface area contributed by atoms with Gasteiger partial charge in [0.2, 0.25) is 0 Å². The summed E-state index contributed by atoms with van der Waals surface area (Å²) in [5.74, 6) is 1.60. The van der Waals surface area contributed by atoms with E-state index in [4.69, 9.17) is 4.74 Å². The first-order chi connectivity index (χ1) is 9.08. The average Bonchev–Trinajstić information content (AvgIpc) is 2.38. The Morgan fingerprint density at radius 3 is 2.68 bits per heavy atom. The molecule has 0 heterocycles. The molecular formula is C16H23BrO2. The summed E-state index contributed by atoms with van der Waals surface area (Å²) in [4.78, 5) is 11.2. The van der Waals surface area contributed by atoms with E-state index in [-0.39, 0.29) is 5.78 Å². The molecule has 3 heteroatoms. The van der Waals surface area contributed by atoms with Gasteiger partial charge in [-0.3, -0.25) is 0 Å². The molecule has 1 aromatic carbocycles. The first-order valence-corrected chi connectivity index (χ1v) is 7.79. The van der Waals surface area contributed by atoms with Crippen molar-refractivity contribution >= 4 is 21.7 Å². The highest BCUT2D eigenvalue weighted by molar-refractivity contribution is 9.10. The molecule has 1 aromatic rings. The van der Waals surface area contributed by atoms with Gasteiger partial charge < -0.3 is 9.53 Å². The van der Waals surface area contributed by atoms with Gasteiger partial charge in [0.05, 0.1) is 6.61 Å². The number of rotatable bonds is 8.